The predicted octanol–water partition coefficient (Wildman–Crippen LogP) is 3.17. The van der Waals surface area contributed by atoms with Crippen molar-refractivity contribution >= 4 is 5.91 Å². The van der Waals surface area contributed by atoms with E-state index in [1.165, 1.54) is 4.90 Å². The number of carbonyl (C=O) groups excluding carboxylic acids is 1. The molecule has 0 aliphatic heterocycles. The average Bonchev–Trinajstić information content (AvgIpc) is 3.16. The summed E-state index contributed by atoms with van der Waals surface area (Å²) >= 11 is 0. The van der Waals surface area contributed by atoms with Gasteiger partial charge in [-0.2, -0.15) is 4.98 Å². The van der Waals surface area contributed by atoms with Crippen molar-refractivity contribution in [3.63, 3.8) is 0 Å². The number of aromatic nitrogens is 2. The zero-order valence-electron chi connectivity index (χ0n) is 15.5. The number of nitrogens with zero attached hydrogens (tertiary/aromatic N) is 3. The van der Waals surface area contributed by atoms with E-state index >= 15 is 0 Å². The molecule has 140 valence electrons. The first-order chi connectivity index (χ1) is 13.1. The van der Waals surface area contributed by atoms with Gasteiger partial charge in [0.15, 0.2) is 6.10 Å². The maximum Gasteiger partial charge on any atom is 0.263 e. The number of hydrogen-bond acceptors (Lipinski definition) is 6. The van der Waals surface area contributed by atoms with Crippen LogP contribution >= 0.6 is 0 Å². The van der Waals surface area contributed by atoms with Gasteiger partial charge in [0.2, 0.25) is 11.7 Å². The first kappa shape index (κ1) is 18.4. The van der Waals surface area contributed by atoms with Crippen molar-refractivity contribution in [3.8, 4) is 22.9 Å². The minimum Gasteiger partial charge on any atom is -0.497 e. The van der Waals surface area contributed by atoms with E-state index in [4.69, 9.17) is 14.0 Å². The number of benzene rings is 2. The largest absolute Gasteiger partial charge is 0.497 e. The lowest BCUT2D eigenvalue weighted by Crippen LogP contribution is -2.37. The highest BCUT2D eigenvalue weighted by Crippen LogP contribution is 2.20. The first-order valence-corrected chi connectivity index (χ1v) is 8.50. The van der Waals surface area contributed by atoms with E-state index in [-0.39, 0.29) is 12.5 Å². The summed E-state index contributed by atoms with van der Waals surface area (Å²) in [7, 11) is 3.28. The molecule has 0 saturated heterocycles. The molecular weight excluding hydrogens is 346 g/mol. The summed E-state index contributed by atoms with van der Waals surface area (Å²) in [5.41, 5.74) is 0.806. The molecule has 7 nitrogen and oxygen atoms in total. The Kier molecular flexibility index (Phi) is 5.71. The molecule has 3 aromatic rings. The van der Waals surface area contributed by atoms with Crippen molar-refractivity contribution in [1.82, 2.24) is 15.0 Å². The maximum absolute atomic E-state index is 12.5. The highest BCUT2D eigenvalue weighted by Gasteiger charge is 2.21. The van der Waals surface area contributed by atoms with Crippen LogP contribution in [0, 0.1) is 0 Å². The van der Waals surface area contributed by atoms with Crippen LogP contribution in [0.2, 0.25) is 0 Å². The monoisotopic (exact) mass is 367 g/mol. The van der Waals surface area contributed by atoms with Crippen molar-refractivity contribution < 1.29 is 18.8 Å². The third-order valence-electron chi connectivity index (χ3n) is 3.97. The lowest BCUT2D eigenvalue weighted by Gasteiger charge is -2.20. The summed E-state index contributed by atoms with van der Waals surface area (Å²) in [6.45, 7) is 1.91. The predicted molar refractivity (Wildman–Crippen MR) is 99.3 cm³/mol. The van der Waals surface area contributed by atoms with Gasteiger partial charge in [-0.3, -0.25) is 4.79 Å². The molecular formula is C20H21N3O4. The van der Waals surface area contributed by atoms with Crippen LogP contribution in [0.4, 0.5) is 0 Å². The van der Waals surface area contributed by atoms with Gasteiger partial charge in [-0.15, -0.1) is 0 Å². The Morgan fingerprint density at radius 2 is 1.81 bits per heavy atom. The molecule has 0 N–H and O–H groups in total. The van der Waals surface area contributed by atoms with Gasteiger partial charge in [0, 0.05) is 12.6 Å². The summed E-state index contributed by atoms with van der Waals surface area (Å²) in [6.07, 6.45) is -0.624. The van der Waals surface area contributed by atoms with Crippen molar-refractivity contribution in [2.75, 3.05) is 14.2 Å². The number of methoxy groups -OCH3 is 1. The topological polar surface area (TPSA) is 77.7 Å². The lowest BCUT2D eigenvalue weighted by atomic mass is 10.2. The molecule has 3 rings (SSSR count). The average molecular weight is 367 g/mol. The standard InChI is InChI=1S/C20H21N3O4/c1-14(26-17-7-5-4-6-8-17)20(24)23(2)13-18-21-19(22-27-18)15-9-11-16(25-3)12-10-15/h4-12,14H,13H2,1-3H3. The van der Waals surface area contributed by atoms with Gasteiger partial charge < -0.3 is 18.9 Å². The molecule has 27 heavy (non-hydrogen) atoms. The summed E-state index contributed by atoms with van der Waals surface area (Å²) in [5.74, 6) is 2.03. The fourth-order valence-electron chi connectivity index (χ4n) is 2.52. The van der Waals surface area contributed by atoms with Crippen LogP contribution in [0.5, 0.6) is 11.5 Å². The molecule has 7 heteroatoms. The minimum atomic E-state index is -0.624. The van der Waals surface area contributed by atoms with Crippen molar-refractivity contribution in [3.05, 3.63) is 60.5 Å². The molecule has 1 unspecified atom stereocenters. The fourth-order valence-corrected chi connectivity index (χ4v) is 2.52. The molecule has 0 aliphatic carbocycles. The third-order valence-corrected chi connectivity index (χ3v) is 3.97. The van der Waals surface area contributed by atoms with E-state index in [1.807, 2.05) is 54.6 Å². The van der Waals surface area contributed by atoms with Crippen LogP contribution in [-0.4, -0.2) is 41.2 Å². The number of para-hydroxylation sites is 1. The van der Waals surface area contributed by atoms with Crippen LogP contribution in [0.25, 0.3) is 11.4 Å². The Hall–Kier alpha value is -3.35. The molecule has 1 heterocycles. The highest BCUT2D eigenvalue weighted by molar-refractivity contribution is 5.80. The van der Waals surface area contributed by atoms with Crippen molar-refractivity contribution in [2.45, 2.75) is 19.6 Å². The van der Waals surface area contributed by atoms with E-state index in [0.717, 1.165) is 11.3 Å². The second kappa shape index (κ2) is 8.35. The Morgan fingerprint density at radius 3 is 2.48 bits per heavy atom. The first-order valence-electron chi connectivity index (χ1n) is 8.50. The Balaban J connectivity index is 1.61. The Labute approximate surface area is 157 Å². The van der Waals surface area contributed by atoms with Gasteiger partial charge in [-0.1, -0.05) is 23.4 Å². The smallest absolute Gasteiger partial charge is 0.263 e. The molecule has 0 bridgehead atoms. The van der Waals surface area contributed by atoms with Crippen LogP contribution in [0.3, 0.4) is 0 Å². The number of ether oxygens (including phenoxy) is 2. The Bertz CT molecular complexity index is 878. The quantitative estimate of drug-likeness (QED) is 0.638. The number of carbonyl (C=O) groups is 1. The summed E-state index contributed by atoms with van der Waals surface area (Å²) in [5, 5.41) is 3.97. The van der Waals surface area contributed by atoms with Gasteiger partial charge >= 0.3 is 0 Å². The van der Waals surface area contributed by atoms with Crippen LogP contribution in [-0.2, 0) is 11.3 Å². The molecule has 0 aliphatic rings. The van der Waals surface area contributed by atoms with Crippen LogP contribution in [0.1, 0.15) is 12.8 Å². The molecule has 0 saturated carbocycles. The van der Waals surface area contributed by atoms with E-state index in [2.05, 4.69) is 10.1 Å². The van der Waals surface area contributed by atoms with Gasteiger partial charge in [0.1, 0.15) is 11.5 Å². The SMILES string of the molecule is COc1ccc(-c2noc(CN(C)C(=O)C(C)Oc3ccccc3)n2)cc1. The fraction of sp³-hybridized carbons (Fsp3) is 0.250. The third kappa shape index (κ3) is 4.63. The van der Waals surface area contributed by atoms with Crippen molar-refractivity contribution in [1.29, 1.82) is 0 Å². The molecule has 1 amide bonds. The second-order valence-electron chi connectivity index (χ2n) is 6.01. The van der Waals surface area contributed by atoms with Crippen molar-refractivity contribution in [2.24, 2.45) is 0 Å². The molecule has 0 radical (unpaired) electrons. The molecule has 1 aromatic heterocycles. The lowest BCUT2D eigenvalue weighted by molar-refractivity contribution is -0.137. The molecule has 0 spiro atoms. The zero-order valence-corrected chi connectivity index (χ0v) is 15.5. The van der Waals surface area contributed by atoms with Crippen LogP contribution in [0.15, 0.2) is 59.1 Å². The number of likely N-dealkylation sites (N-methyl/N-ethyl adjacent to an activating group) is 1. The molecule has 0 fully saturated rings. The van der Waals surface area contributed by atoms with Gasteiger partial charge in [0.25, 0.3) is 5.91 Å². The summed E-state index contributed by atoms with van der Waals surface area (Å²) in [6, 6.07) is 16.6. The Morgan fingerprint density at radius 1 is 1.11 bits per heavy atom. The van der Waals surface area contributed by atoms with Gasteiger partial charge in [-0.05, 0) is 43.3 Å². The summed E-state index contributed by atoms with van der Waals surface area (Å²) < 4.78 is 16.1. The van der Waals surface area contributed by atoms with Gasteiger partial charge in [-0.25, -0.2) is 0 Å². The zero-order chi connectivity index (χ0) is 19.2. The molecule has 1 atom stereocenters. The van der Waals surface area contributed by atoms with E-state index in [9.17, 15) is 4.79 Å². The highest BCUT2D eigenvalue weighted by atomic mass is 16.5. The second-order valence-corrected chi connectivity index (χ2v) is 6.01. The number of hydrogen-bond donors (Lipinski definition) is 0. The minimum absolute atomic E-state index is 0.178. The van der Waals surface area contributed by atoms with E-state index in [0.29, 0.717) is 17.5 Å². The summed E-state index contributed by atoms with van der Waals surface area (Å²) in [4.78, 5) is 18.3. The molecule has 2 aromatic carbocycles. The number of amides is 1. The maximum atomic E-state index is 12.5. The van der Waals surface area contributed by atoms with Crippen LogP contribution < -0.4 is 9.47 Å². The van der Waals surface area contributed by atoms with Gasteiger partial charge in [0.05, 0.1) is 13.7 Å². The van der Waals surface area contributed by atoms with E-state index < -0.39 is 6.10 Å². The normalized spacial score (nSPS) is 11.7. The van der Waals surface area contributed by atoms with E-state index in [1.54, 1.807) is 21.1 Å². The number of rotatable bonds is 7.